The predicted molar refractivity (Wildman–Crippen MR) is 72.9 cm³/mol. The second-order valence-electron chi connectivity index (χ2n) is 4.22. The molecule has 0 unspecified atom stereocenters. The molecule has 3 aromatic rings. The summed E-state index contributed by atoms with van der Waals surface area (Å²) in [6, 6.07) is 9.52. The Balaban J connectivity index is 1.98. The Bertz CT molecular complexity index is 743. The van der Waals surface area contributed by atoms with Crippen LogP contribution in [0.5, 0.6) is 0 Å². The normalized spacial score (nSPS) is 10.6. The maximum atomic E-state index is 12.1. The highest BCUT2D eigenvalue weighted by Crippen LogP contribution is 2.21. The Morgan fingerprint density at radius 3 is 2.89 bits per heavy atom. The van der Waals surface area contributed by atoms with E-state index in [-0.39, 0.29) is 5.91 Å². The molecule has 0 aliphatic carbocycles. The molecular weight excluding hydrogens is 240 g/mol. The molecule has 0 fully saturated rings. The summed E-state index contributed by atoms with van der Waals surface area (Å²) in [5.74, 6) is -0.196. The van der Waals surface area contributed by atoms with Crippen LogP contribution < -0.4 is 5.32 Å². The number of benzene rings is 1. The van der Waals surface area contributed by atoms with Crippen molar-refractivity contribution in [2.75, 3.05) is 5.32 Å². The van der Waals surface area contributed by atoms with Gasteiger partial charge in [0, 0.05) is 18.6 Å². The molecule has 1 N–H and O–H groups in total. The molecule has 19 heavy (non-hydrogen) atoms. The van der Waals surface area contributed by atoms with Crippen molar-refractivity contribution in [2.24, 2.45) is 7.05 Å². The first kappa shape index (κ1) is 11.4. The van der Waals surface area contributed by atoms with E-state index in [1.54, 1.807) is 24.1 Å². The van der Waals surface area contributed by atoms with Crippen molar-refractivity contribution in [3.8, 4) is 0 Å². The van der Waals surface area contributed by atoms with E-state index in [2.05, 4.69) is 15.3 Å². The van der Waals surface area contributed by atoms with Gasteiger partial charge in [0.1, 0.15) is 5.69 Å². The first-order valence-electron chi connectivity index (χ1n) is 5.87. The smallest absolute Gasteiger partial charge is 0.273 e. The van der Waals surface area contributed by atoms with E-state index in [4.69, 9.17) is 0 Å². The maximum absolute atomic E-state index is 12.1. The maximum Gasteiger partial charge on any atom is 0.273 e. The van der Waals surface area contributed by atoms with Gasteiger partial charge in [-0.3, -0.25) is 9.78 Å². The van der Waals surface area contributed by atoms with Crippen LogP contribution in [0, 0.1) is 0 Å². The summed E-state index contributed by atoms with van der Waals surface area (Å²) in [6.45, 7) is 0. The van der Waals surface area contributed by atoms with E-state index in [1.165, 1.54) is 6.20 Å². The number of rotatable bonds is 2. The molecule has 0 atom stereocenters. The second-order valence-corrected chi connectivity index (χ2v) is 4.22. The highest BCUT2D eigenvalue weighted by Gasteiger charge is 2.11. The second kappa shape index (κ2) is 4.53. The van der Waals surface area contributed by atoms with Gasteiger partial charge < -0.3 is 9.88 Å². The highest BCUT2D eigenvalue weighted by molar-refractivity contribution is 6.07. The molecule has 0 saturated carbocycles. The van der Waals surface area contributed by atoms with Crippen LogP contribution in [-0.4, -0.2) is 20.4 Å². The fourth-order valence-corrected chi connectivity index (χ4v) is 1.97. The minimum absolute atomic E-state index is 0.196. The molecule has 0 aliphatic rings. The molecule has 3 rings (SSSR count). The van der Waals surface area contributed by atoms with Crippen LogP contribution in [0.1, 0.15) is 10.5 Å². The predicted octanol–water partition coefficient (Wildman–Crippen LogP) is 2.22. The number of amides is 1. The summed E-state index contributed by atoms with van der Waals surface area (Å²) in [5.41, 5.74) is 1.98. The van der Waals surface area contributed by atoms with Gasteiger partial charge in [0.2, 0.25) is 0 Å². The Kier molecular flexibility index (Phi) is 2.72. The van der Waals surface area contributed by atoms with Gasteiger partial charge in [0.05, 0.1) is 23.7 Å². The molecule has 5 heteroatoms. The zero-order valence-corrected chi connectivity index (χ0v) is 10.4. The van der Waals surface area contributed by atoms with Crippen LogP contribution in [0.4, 0.5) is 5.69 Å². The minimum atomic E-state index is -0.196. The molecule has 2 heterocycles. The van der Waals surface area contributed by atoms with Crippen molar-refractivity contribution in [3.63, 3.8) is 0 Å². The number of imidazole rings is 1. The Hall–Kier alpha value is -2.69. The largest absolute Gasteiger partial charge is 0.330 e. The van der Waals surface area contributed by atoms with E-state index < -0.39 is 0 Å². The van der Waals surface area contributed by atoms with Crippen LogP contribution in [-0.2, 0) is 7.05 Å². The van der Waals surface area contributed by atoms with E-state index in [1.807, 2.05) is 30.3 Å². The number of fused-ring (bicyclic) bond motifs is 1. The molecule has 0 aliphatic heterocycles. The molecule has 2 aromatic heterocycles. The molecule has 94 valence electrons. The lowest BCUT2D eigenvalue weighted by atomic mass is 10.2. The van der Waals surface area contributed by atoms with Crippen LogP contribution in [0.3, 0.4) is 0 Å². The lowest BCUT2D eigenvalue weighted by Crippen LogP contribution is -2.15. The number of hydrogen-bond donors (Lipinski definition) is 1. The summed E-state index contributed by atoms with van der Waals surface area (Å²) >= 11 is 0. The van der Waals surface area contributed by atoms with Gasteiger partial charge in [0.25, 0.3) is 5.91 Å². The number of hydrogen-bond acceptors (Lipinski definition) is 3. The van der Waals surface area contributed by atoms with Crippen LogP contribution in [0.25, 0.3) is 10.9 Å². The Morgan fingerprint density at radius 2 is 2.11 bits per heavy atom. The van der Waals surface area contributed by atoms with Crippen molar-refractivity contribution in [2.45, 2.75) is 0 Å². The molecule has 1 aromatic carbocycles. The fourth-order valence-electron chi connectivity index (χ4n) is 1.97. The topological polar surface area (TPSA) is 59.8 Å². The lowest BCUT2D eigenvalue weighted by molar-refractivity contribution is 0.101. The number of carbonyl (C=O) groups excluding carboxylic acids is 1. The highest BCUT2D eigenvalue weighted by atomic mass is 16.2. The van der Waals surface area contributed by atoms with E-state index in [0.717, 1.165) is 10.9 Å². The minimum Gasteiger partial charge on any atom is -0.330 e. The van der Waals surface area contributed by atoms with Crippen LogP contribution in [0.2, 0.25) is 0 Å². The molecule has 5 nitrogen and oxygen atoms in total. The van der Waals surface area contributed by atoms with Gasteiger partial charge in [-0.1, -0.05) is 18.2 Å². The summed E-state index contributed by atoms with van der Waals surface area (Å²) in [7, 11) is 1.78. The number of anilines is 1. The summed E-state index contributed by atoms with van der Waals surface area (Å²) < 4.78 is 1.67. The Morgan fingerprint density at radius 1 is 1.26 bits per heavy atom. The summed E-state index contributed by atoms with van der Waals surface area (Å²) in [4.78, 5) is 20.4. The molecule has 0 radical (unpaired) electrons. The fraction of sp³-hybridized carbons (Fsp3) is 0.0714. The van der Waals surface area contributed by atoms with Gasteiger partial charge in [-0.05, 0) is 12.1 Å². The third-order valence-electron chi connectivity index (χ3n) is 2.93. The summed E-state index contributed by atoms with van der Waals surface area (Å²) in [5, 5.41) is 3.86. The molecule has 0 bridgehead atoms. The average Bonchev–Trinajstić information content (AvgIpc) is 2.85. The number of pyridine rings is 1. The van der Waals surface area contributed by atoms with Gasteiger partial charge in [-0.15, -0.1) is 0 Å². The SMILES string of the molecule is Cn1cncc1C(=O)Nc1cccc2cccnc12. The van der Waals surface area contributed by atoms with Gasteiger partial charge in [-0.2, -0.15) is 0 Å². The Labute approximate surface area is 109 Å². The number of aromatic nitrogens is 3. The van der Waals surface area contributed by atoms with Crippen molar-refractivity contribution in [3.05, 3.63) is 54.7 Å². The van der Waals surface area contributed by atoms with Crippen molar-refractivity contribution in [1.29, 1.82) is 0 Å². The van der Waals surface area contributed by atoms with E-state index in [9.17, 15) is 4.79 Å². The molecular formula is C14H12N4O. The van der Waals surface area contributed by atoms with Crippen LogP contribution in [0.15, 0.2) is 49.1 Å². The quantitative estimate of drug-likeness (QED) is 0.760. The number of nitrogens with one attached hydrogen (secondary N) is 1. The number of carbonyl (C=O) groups is 1. The summed E-state index contributed by atoms with van der Waals surface area (Å²) in [6.07, 6.45) is 4.84. The van der Waals surface area contributed by atoms with Crippen molar-refractivity contribution in [1.82, 2.24) is 14.5 Å². The van der Waals surface area contributed by atoms with Gasteiger partial charge in [0.15, 0.2) is 0 Å². The first-order valence-corrected chi connectivity index (χ1v) is 5.87. The number of nitrogens with zero attached hydrogens (tertiary/aromatic N) is 3. The third kappa shape index (κ3) is 2.06. The number of para-hydroxylation sites is 1. The van der Waals surface area contributed by atoms with E-state index >= 15 is 0 Å². The molecule has 0 saturated heterocycles. The van der Waals surface area contributed by atoms with Gasteiger partial charge >= 0.3 is 0 Å². The molecule has 0 spiro atoms. The third-order valence-corrected chi connectivity index (χ3v) is 2.93. The molecule has 1 amide bonds. The zero-order valence-electron chi connectivity index (χ0n) is 10.4. The average molecular weight is 252 g/mol. The lowest BCUT2D eigenvalue weighted by Gasteiger charge is -2.07. The van der Waals surface area contributed by atoms with E-state index in [0.29, 0.717) is 11.4 Å². The van der Waals surface area contributed by atoms with Crippen molar-refractivity contribution >= 4 is 22.5 Å². The zero-order chi connectivity index (χ0) is 13.2. The number of aryl methyl sites for hydroxylation is 1. The standard InChI is InChI=1S/C14H12N4O/c1-18-9-15-8-12(18)14(19)17-11-6-2-4-10-5-3-7-16-13(10)11/h2-9H,1H3,(H,17,19). The van der Waals surface area contributed by atoms with Crippen molar-refractivity contribution < 1.29 is 4.79 Å². The van der Waals surface area contributed by atoms with Crippen LogP contribution >= 0.6 is 0 Å². The monoisotopic (exact) mass is 252 g/mol. The first-order chi connectivity index (χ1) is 9.25. The van der Waals surface area contributed by atoms with Gasteiger partial charge in [-0.25, -0.2) is 4.98 Å².